The topological polar surface area (TPSA) is 65.8 Å². The molecule has 1 fully saturated rings. The first-order valence-electron chi connectivity index (χ1n) is 10.2. The maximum absolute atomic E-state index is 12.9. The molecule has 1 aromatic carbocycles. The number of fused-ring (bicyclic) bond motifs is 1. The van der Waals surface area contributed by atoms with Gasteiger partial charge in [-0.25, -0.2) is 9.50 Å². The first-order valence-corrected chi connectivity index (χ1v) is 10.2. The molecule has 1 N–H and O–H groups in total. The zero-order valence-corrected chi connectivity index (χ0v) is 17.6. The number of carbonyl (C=O) groups excluding carboxylic acids is 1. The molecule has 0 radical (unpaired) electrons. The predicted molar refractivity (Wildman–Crippen MR) is 116 cm³/mol. The third kappa shape index (κ3) is 3.82. The van der Waals surface area contributed by atoms with Gasteiger partial charge >= 0.3 is 0 Å². The van der Waals surface area contributed by atoms with Gasteiger partial charge in [0.15, 0.2) is 5.65 Å². The molecule has 1 aliphatic heterocycles. The van der Waals surface area contributed by atoms with Crippen molar-refractivity contribution in [3.8, 4) is 0 Å². The normalized spacial score (nSPS) is 15.1. The molecule has 1 aliphatic rings. The Hall–Kier alpha value is -2.93. The van der Waals surface area contributed by atoms with Crippen molar-refractivity contribution in [2.45, 2.75) is 27.7 Å². The molecule has 1 amide bonds. The highest BCUT2D eigenvalue weighted by molar-refractivity contribution is 6.08. The van der Waals surface area contributed by atoms with Crippen molar-refractivity contribution in [3.63, 3.8) is 0 Å². The van der Waals surface area contributed by atoms with E-state index in [2.05, 4.69) is 45.1 Å². The average molecular weight is 393 g/mol. The summed E-state index contributed by atoms with van der Waals surface area (Å²) >= 11 is 0. The summed E-state index contributed by atoms with van der Waals surface area (Å²) in [6.45, 7) is 13.5. The molecule has 1 saturated heterocycles. The van der Waals surface area contributed by atoms with Crippen LogP contribution in [0.3, 0.4) is 0 Å². The van der Waals surface area contributed by atoms with Gasteiger partial charge in [0.2, 0.25) is 0 Å². The smallest absolute Gasteiger partial charge is 0.261 e. The van der Waals surface area contributed by atoms with Gasteiger partial charge in [-0.3, -0.25) is 4.79 Å². The first-order chi connectivity index (χ1) is 14.0. The Bertz CT molecular complexity index is 1050. The molecule has 2 aromatic heterocycles. The Morgan fingerprint density at radius 3 is 2.55 bits per heavy atom. The van der Waals surface area contributed by atoms with Gasteiger partial charge in [-0.1, -0.05) is 6.92 Å². The third-order valence-corrected chi connectivity index (χ3v) is 5.64. The summed E-state index contributed by atoms with van der Waals surface area (Å²) in [6, 6.07) is 8.07. The second kappa shape index (κ2) is 7.83. The van der Waals surface area contributed by atoms with Crippen molar-refractivity contribution in [1.82, 2.24) is 19.5 Å². The van der Waals surface area contributed by atoms with Crippen LogP contribution in [0, 0.1) is 20.8 Å². The first kappa shape index (κ1) is 19.4. The van der Waals surface area contributed by atoms with Gasteiger partial charge < -0.3 is 15.1 Å². The molecular formula is C22H28N6O. The zero-order valence-electron chi connectivity index (χ0n) is 17.6. The molecule has 0 spiro atoms. The molecule has 152 valence electrons. The van der Waals surface area contributed by atoms with E-state index in [1.807, 2.05) is 32.0 Å². The number of hydrogen-bond acceptors (Lipinski definition) is 5. The summed E-state index contributed by atoms with van der Waals surface area (Å²) in [4.78, 5) is 22.2. The van der Waals surface area contributed by atoms with E-state index < -0.39 is 0 Å². The van der Waals surface area contributed by atoms with Crippen LogP contribution in [0.5, 0.6) is 0 Å². The van der Waals surface area contributed by atoms with Crippen molar-refractivity contribution in [2.75, 3.05) is 42.9 Å². The van der Waals surface area contributed by atoms with Crippen molar-refractivity contribution in [3.05, 3.63) is 53.0 Å². The summed E-state index contributed by atoms with van der Waals surface area (Å²) in [5, 5.41) is 7.31. The molecule has 3 aromatic rings. The van der Waals surface area contributed by atoms with Crippen molar-refractivity contribution in [1.29, 1.82) is 0 Å². The van der Waals surface area contributed by atoms with E-state index in [9.17, 15) is 4.79 Å². The van der Waals surface area contributed by atoms with Crippen molar-refractivity contribution >= 4 is 22.9 Å². The summed E-state index contributed by atoms with van der Waals surface area (Å²) in [5.74, 6) is -0.193. The van der Waals surface area contributed by atoms with Gasteiger partial charge in [-0.05, 0) is 57.1 Å². The number of hydrogen-bond donors (Lipinski definition) is 1. The Morgan fingerprint density at radius 2 is 1.86 bits per heavy atom. The van der Waals surface area contributed by atoms with Crippen LogP contribution in [0.15, 0.2) is 30.5 Å². The largest absolute Gasteiger partial charge is 0.369 e. The number of carbonyl (C=O) groups is 1. The van der Waals surface area contributed by atoms with Crippen LogP contribution in [0.4, 0.5) is 11.4 Å². The number of rotatable bonds is 4. The number of amides is 1. The number of nitrogens with one attached hydrogen (secondary N) is 1. The minimum atomic E-state index is -0.193. The summed E-state index contributed by atoms with van der Waals surface area (Å²) in [7, 11) is 0. The average Bonchev–Trinajstić information content (AvgIpc) is 3.12. The highest BCUT2D eigenvalue weighted by Gasteiger charge is 2.19. The van der Waals surface area contributed by atoms with E-state index in [0.29, 0.717) is 11.2 Å². The molecule has 0 saturated carbocycles. The second-order valence-corrected chi connectivity index (χ2v) is 7.71. The van der Waals surface area contributed by atoms with E-state index in [-0.39, 0.29) is 5.91 Å². The lowest BCUT2D eigenvalue weighted by Crippen LogP contribution is -2.46. The van der Waals surface area contributed by atoms with Gasteiger partial charge in [0, 0.05) is 48.9 Å². The Labute approximate surface area is 171 Å². The molecule has 7 heteroatoms. The SMILES string of the molecule is CCN1CCN(c2ccc(NC(=O)c3cnn4c(C)cc(C)nc34)cc2C)CC1. The highest BCUT2D eigenvalue weighted by atomic mass is 16.1. The monoisotopic (exact) mass is 392 g/mol. The summed E-state index contributed by atoms with van der Waals surface area (Å²) < 4.78 is 1.70. The van der Waals surface area contributed by atoms with Crippen LogP contribution in [0.25, 0.3) is 5.65 Å². The maximum Gasteiger partial charge on any atom is 0.261 e. The van der Waals surface area contributed by atoms with E-state index in [1.165, 1.54) is 5.69 Å². The minimum Gasteiger partial charge on any atom is -0.369 e. The molecule has 0 aliphatic carbocycles. The summed E-state index contributed by atoms with van der Waals surface area (Å²) in [5.41, 5.74) is 6.08. The van der Waals surface area contributed by atoms with Crippen molar-refractivity contribution in [2.24, 2.45) is 0 Å². The molecule has 0 bridgehead atoms. The molecule has 0 atom stereocenters. The van der Waals surface area contributed by atoms with Crippen LogP contribution in [0.1, 0.15) is 34.2 Å². The second-order valence-electron chi connectivity index (χ2n) is 7.71. The Balaban J connectivity index is 1.52. The van der Waals surface area contributed by atoms with Gasteiger partial charge in [0.25, 0.3) is 5.91 Å². The van der Waals surface area contributed by atoms with Crippen molar-refractivity contribution < 1.29 is 4.79 Å². The summed E-state index contributed by atoms with van der Waals surface area (Å²) in [6.07, 6.45) is 1.58. The fourth-order valence-electron chi connectivity index (χ4n) is 4.02. The Kier molecular flexibility index (Phi) is 5.24. The van der Waals surface area contributed by atoms with E-state index in [1.54, 1.807) is 10.7 Å². The number of anilines is 2. The van der Waals surface area contributed by atoms with E-state index >= 15 is 0 Å². The van der Waals surface area contributed by atoms with E-state index in [0.717, 1.165) is 55.4 Å². The van der Waals surface area contributed by atoms with E-state index in [4.69, 9.17) is 0 Å². The number of piperazine rings is 1. The zero-order chi connectivity index (χ0) is 20.5. The Morgan fingerprint density at radius 1 is 1.10 bits per heavy atom. The molecule has 3 heterocycles. The standard InChI is InChI=1S/C22H28N6O/c1-5-26-8-10-27(11-9-26)20-7-6-18(12-15(20)2)25-22(29)19-14-23-28-17(4)13-16(3)24-21(19)28/h6-7,12-14H,5,8-11H2,1-4H3,(H,25,29). The number of aryl methyl sites for hydroxylation is 3. The molecule has 0 unspecified atom stereocenters. The van der Waals surface area contributed by atoms with Gasteiger partial charge in [0.05, 0.1) is 6.20 Å². The van der Waals surface area contributed by atoms with Crippen LogP contribution < -0.4 is 10.2 Å². The fraction of sp³-hybridized carbons (Fsp3) is 0.409. The molecule has 4 rings (SSSR count). The number of benzene rings is 1. The lowest BCUT2D eigenvalue weighted by atomic mass is 10.1. The van der Waals surface area contributed by atoms with Gasteiger partial charge in [-0.15, -0.1) is 0 Å². The van der Waals surface area contributed by atoms with Gasteiger partial charge in [0.1, 0.15) is 5.56 Å². The number of nitrogens with zero attached hydrogens (tertiary/aromatic N) is 5. The van der Waals surface area contributed by atoms with Crippen LogP contribution in [-0.2, 0) is 0 Å². The third-order valence-electron chi connectivity index (χ3n) is 5.64. The predicted octanol–water partition coefficient (Wildman–Crippen LogP) is 3.05. The fourth-order valence-corrected chi connectivity index (χ4v) is 4.02. The number of aromatic nitrogens is 3. The van der Waals surface area contributed by atoms with Crippen LogP contribution >= 0.6 is 0 Å². The van der Waals surface area contributed by atoms with Crippen LogP contribution in [-0.4, -0.2) is 58.1 Å². The lowest BCUT2D eigenvalue weighted by molar-refractivity contribution is 0.102. The highest BCUT2D eigenvalue weighted by Crippen LogP contribution is 2.25. The quantitative estimate of drug-likeness (QED) is 0.739. The lowest BCUT2D eigenvalue weighted by Gasteiger charge is -2.36. The van der Waals surface area contributed by atoms with Crippen LogP contribution in [0.2, 0.25) is 0 Å². The molecule has 7 nitrogen and oxygen atoms in total. The van der Waals surface area contributed by atoms with Gasteiger partial charge in [-0.2, -0.15) is 5.10 Å². The maximum atomic E-state index is 12.9. The molecular weight excluding hydrogens is 364 g/mol. The molecule has 29 heavy (non-hydrogen) atoms. The minimum absolute atomic E-state index is 0.193. The number of likely N-dealkylation sites (N-methyl/N-ethyl adjacent to an activating group) is 1.